The molecule has 0 spiro atoms. The fourth-order valence-electron chi connectivity index (χ4n) is 4.59. The number of hydrogen-bond donors (Lipinski definition) is 2. The van der Waals surface area contributed by atoms with Crippen molar-refractivity contribution >= 4 is 57.6 Å². The number of likely N-dealkylation sites (N-methyl/N-ethyl adjacent to an activating group) is 1. The third-order valence-corrected chi connectivity index (χ3v) is 6.99. The number of carbonyl (C=O) groups excluding carboxylic acids is 1. The maximum absolute atomic E-state index is 12.9. The highest BCUT2D eigenvalue weighted by Gasteiger charge is 2.25. The molecule has 2 aliphatic heterocycles. The monoisotopic (exact) mass is 516 g/mol. The molecule has 0 radical (unpaired) electrons. The summed E-state index contributed by atoms with van der Waals surface area (Å²) in [5, 5.41) is 18.1. The molecule has 2 aromatic rings. The van der Waals surface area contributed by atoms with Gasteiger partial charge in [-0.05, 0) is 55.9 Å². The minimum absolute atomic E-state index is 0.0817. The second kappa shape index (κ2) is 11.2. The van der Waals surface area contributed by atoms with Gasteiger partial charge in [-0.15, -0.1) is 0 Å². The molecule has 2 saturated heterocycles. The number of carbonyl (C=O) groups is 1. The summed E-state index contributed by atoms with van der Waals surface area (Å²) in [4.78, 5) is 30.6. The van der Waals surface area contributed by atoms with Gasteiger partial charge in [0.2, 0.25) is 0 Å². The van der Waals surface area contributed by atoms with Crippen LogP contribution in [0.3, 0.4) is 0 Å². The van der Waals surface area contributed by atoms with E-state index in [4.69, 9.17) is 23.8 Å². The van der Waals surface area contributed by atoms with Gasteiger partial charge in [0.1, 0.15) is 5.69 Å². The van der Waals surface area contributed by atoms with Crippen molar-refractivity contribution in [3.8, 4) is 0 Å². The zero-order valence-corrected chi connectivity index (χ0v) is 21.2. The molecule has 2 heterocycles. The Labute approximate surface area is 215 Å². The van der Waals surface area contributed by atoms with E-state index in [1.165, 1.54) is 6.07 Å². The molecule has 186 valence electrons. The van der Waals surface area contributed by atoms with Gasteiger partial charge in [0.05, 0.1) is 21.3 Å². The number of thiocarbonyl (C=S) groups is 1. The van der Waals surface area contributed by atoms with Crippen molar-refractivity contribution < 1.29 is 9.72 Å². The number of anilines is 3. The van der Waals surface area contributed by atoms with Gasteiger partial charge in [-0.25, -0.2) is 0 Å². The van der Waals surface area contributed by atoms with Crippen LogP contribution in [0, 0.1) is 10.1 Å². The van der Waals surface area contributed by atoms with Gasteiger partial charge in [-0.1, -0.05) is 24.6 Å². The van der Waals surface area contributed by atoms with Crippen LogP contribution in [-0.4, -0.2) is 66.7 Å². The number of nitrogens with one attached hydrogen (secondary N) is 2. The molecule has 4 rings (SSSR count). The number of amides is 1. The number of hydrogen-bond acceptors (Lipinski definition) is 7. The Balaban J connectivity index is 1.46. The van der Waals surface area contributed by atoms with Crippen molar-refractivity contribution in [2.75, 3.05) is 60.9 Å². The SMILES string of the molecule is CCN1CCN(c2c(Cl)cccc2NC(=S)NC(=O)c2ccc(N3CCCC3)c([N+](=O)[O-])c2)CC1. The van der Waals surface area contributed by atoms with Gasteiger partial charge in [-0.2, -0.15) is 0 Å². The predicted octanol–water partition coefficient (Wildman–Crippen LogP) is 4.12. The van der Waals surface area contributed by atoms with E-state index < -0.39 is 10.8 Å². The van der Waals surface area contributed by atoms with Gasteiger partial charge in [-0.3, -0.25) is 20.2 Å². The Morgan fingerprint density at radius 2 is 1.80 bits per heavy atom. The Kier molecular flexibility index (Phi) is 8.04. The van der Waals surface area contributed by atoms with Crippen LogP contribution in [0.4, 0.5) is 22.7 Å². The molecule has 11 heteroatoms. The van der Waals surface area contributed by atoms with E-state index in [2.05, 4.69) is 27.4 Å². The second-order valence-corrected chi connectivity index (χ2v) is 9.44. The molecule has 2 fully saturated rings. The van der Waals surface area contributed by atoms with E-state index in [0.29, 0.717) is 16.4 Å². The summed E-state index contributed by atoms with van der Waals surface area (Å²) < 4.78 is 0. The highest BCUT2D eigenvalue weighted by Crippen LogP contribution is 2.35. The molecule has 2 N–H and O–H groups in total. The van der Waals surface area contributed by atoms with Crippen molar-refractivity contribution in [2.24, 2.45) is 0 Å². The van der Waals surface area contributed by atoms with Gasteiger partial charge in [0.25, 0.3) is 11.6 Å². The summed E-state index contributed by atoms with van der Waals surface area (Å²) in [6.07, 6.45) is 2.00. The summed E-state index contributed by atoms with van der Waals surface area (Å²) in [6.45, 7) is 8.24. The molecule has 9 nitrogen and oxygen atoms in total. The third kappa shape index (κ3) is 5.83. The lowest BCUT2D eigenvalue weighted by Crippen LogP contribution is -2.46. The Morgan fingerprint density at radius 3 is 2.46 bits per heavy atom. The molecule has 0 aromatic heterocycles. The maximum atomic E-state index is 12.9. The Bertz CT molecular complexity index is 1120. The molecule has 0 unspecified atom stereocenters. The summed E-state index contributed by atoms with van der Waals surface area (Å²) >= 11 is 11.9. The van der Waals surface area contributed by atoms with E-state index in [1.807, 2.05) is 23.1 Å². The fourth-order valence-corrected chi connectivity index (χ4v) is 5.09. The average Bonchev–Trinajstić information content (AvgIpc) is 3.39. The van der Waals surface area contributed by atoms with Gasteiger partial charge in [0.15, 0.2) is 5.11 Å². The predicted molar refractivity (Wildman–Crippen MR) is 144 cm³/mol. The van der Waals surface area contributed by atoms with Crippen LogP contribution in [-0.2, 0) is 0 Å². The maximum Gasteiger partial charge on any atom is 0.293 e. The Hall–Kier alpha value is -2.95. The standard InChI is InChI=1S/C24H29ClN6O3S/c1-2-28-12-14-30(15-13-28)22-18(25)6-5-7-19(22)26-24(35)27-23(32)17-8-9-20(21(16-17)31(33)34)29-10-3-4-11-29/h5-9,16H,2-4,10-15H2,1H3,(H2,26,27,32,35). The fraction of sp³-hybridized carbons (Fsp3) is 0.417. The number of nitro benzene ring substituents is 1. The van der Waals surface area contributed by atoms with Crippen LogP contribution in [0.5, 0.6) is 0 Å². The number of rotatable bonds is 6. The summed E-state index contributed by atoms with van der Waals surface area (Å²) in [6, 6.07) is 10.1. The number of benzene rings is 2. The van der Waals surface area contributed by atoms with Crippen LogP contribution in [0.25, 0.3) is 0 Å². The number of nitrogens with zero attached hydrogens (tertiary/aromatic N) is 4. The van der Waals surface area contributed by atoms with Crippen LogP contribution >= 0.6 is 23.8 Å². The first kappa shape index (κ1) is 25.2. The quantitative estimate of drug-likeness (QED) is 0.336. The first-order chi connectivity index (χ1) is 16.9. The van der Waals surface area contributed by atoms with Crippen LogP contribution in [0.1, 0.15) is 30.1 Å². The third-order valence-electron chi connectivity index (χ3n) is 6.48. The smallest absolute Gasteiger partial charge is 0.293 e. The van der Waals surface area contributed by atoms with Crippen LogP contribution < -0.4 is 20.4 Å². The number of nitro groups is 1. The summed E-state index contributed by atoms with van der Waals surface area (Å²) in [7, 11) is 0. The minimum Gasteiger partial charge on any atom is -0.366 e. The largest absolute Gasteiger partial charge is 0.366 e. The van der Waals surface area contributed by atoms with Crippen LogP contribution in [0.15, 0.2) is 36.4 Å². The highest BCUT2D eigenvalue weighted by atomic mass is 35.5. The van der Waals surface area contributed by atoms with E-state index in [9.17, 15) is 14.9 Å². The molecule has 1 amide bonds. The van der Waals surface area contributed by atoms with Gasteiger partial charge >= 0.3 is 0 Å². The number of para-hydroxylation sites is 1. The number of piperazine rings is 1. The first-order valence-electron chi connectivity index (χ1n) is 11.8. The van der Waals surface area contributed by atoms with Gasteiger partial charge in [0, 0.05) is 50.9 Å². The lowest BCUT2D eigenvalue weighted by atomic mass is 10.1. The average molecular weight is 517 g/mol. The molecular weight excluding hydrogens is 488 g/mol. The van der Waals surface area contributed by atoms with Crippen molar-refractivity contribution in [3.63, 3.8) is 0 Å². The molecule has 0 saturated carbocycles. The van der Waals surface area contributed by atoms with E-state index in [1.54, 1.807) is 12.1 Å². The second-order valence-electron chi connectivity index (χ2n) is 8.62. The van der Waals surface area contributed by atoms with Crippen molar-refractivity contribution in [2.45, 2.75) is 19.8 Å². The lowest BCUT2D eigenvalue weighted by molar-refractivity contribution is -0.384. The molecule has 35 heavy (non-hydrogen) atoms. The van der Waals surface area contributed by atoms with Crippen molar-refractivity contribution in [1.29, 1.82) is 0 Å². The molecular formula is C24H29ClN6O3S. The van der Waals surface area contributed by atoms with Crippen LogP contribution in [0.2, 0.25) is 5.02 Å². The first-order valence-corrected chi connectivity index (χ1v) is 12.6. The topological polar surface area (TPSA) is 94.0 Å². The van der Waals surface area contributed by atoms with E-state index >= 15 is 0 Å². The minimum atomic E-state index is -0.515. The zero-order valence-electron chi connectivity index (χ0n) is 19.6. The molecule has 0 atom stereocenters. The highest BCUT2D eigenvalue weighted by molar-refractivity contribution is 7.80. The lowest BCUT2D eigenvalue weighted by Gasteiger charge is -2.37. The normalized spacial score (nSPS) is 16.3. The van der Waals surface area contributed by atoms with E-state index in [0.717, 1.165) is 64.3 Å². The van der Waals surface area contributed by atoms with Gasteiger partial charge < -0.3 is 20.0 Å². The van der Waals surface area contributed by atoms with E-state index in [-0.39, 0.29) is 16.4 Å². The zero-order chi connectivity index (χ0) is 24.9. The Morgan fingerprint density at radius 1 is 1.09 bits per heavy atom. The number of halogens is 1. The molecule has 2 aromatic carbocycles. The summed E-state index contributed by atoms with van der Waals surface area (Å²) in [5.74, 6) is -0.515. The summed E-state index contributed by atoms with van der Waals surface area (Å²) in [5.41, 5.74) is 2.17. The molecule has 0 bridgehead atoms. The molecule has 2 aliphatic rings. The van der Waals surface area contributed by atoms with Crippen molar-refractivity contribution in [3.05, 3.63) is 57.1 Å². The molecule has 0 aliphatic carbocycles. The van der Waals surface area contributed by atoms with Crippen molar-refractivity contribution in [1.82, 2.24) is 10.2 Å².